The maximum absolute atomic E-state index is 12.0. The summed E-state index contributed by atoms with van der Waals surface area (Å²) in [6.07, 6.45) is 3.07. The van der Waals surface area contributed by atoms with E-state index >= 15 is 0 Å². The molecular weight excluding hydrogens is 358 g/mol. The number of amides is 3. The number of imide groups is 1. The zero-order chi connectivity index (χ0) is 19.1. The quantitative estimate of drug-likeness (QED) is 0.303. The van der Waals surface area contributed by atoms with Crippen LogP contribution >= 0.6 is 11.8 Å². The van der Waals surface area contributed by atoms with Gasteiger partial charge >= 0.3 is 0 Å². The van der Waals surface area contributed by atoms with Gasteiger partial charge in [0.05, 0.1) is 18.1 Å². The number of nitrogens with zero attached hydrogens (tertiary/aromatic N) is 1. The van der Waals surface area contributed by atoms with Crippen molar-refractivity contribution in [1.82, 2.24) is 10.2 Å². The molecule has 1 aliphatic carbocycles. The Bertz CT molecular complexity index is 595. The van der Waals surface area contributed by atoms with Gasteiger partial charge in [-0.2, -0.15) is 11.8 Å². The van der Waals surface area contributed by atoms with Crippen LogP contribution in [0.5, 0.6) is 0 Å². The van der Waals surface area contributed by atoms with Crippen LogP contribution < -0.4 is 11.1 Å². The first-order chi connectivity index (χ1) is 12.4. The van der Waals surface area contributed by atoms with E-state index in [0.717, 1.165) is 23.5 Å². The van der Waals surface area contributed by atoms with Crippen LogP contribution in [0.2, 0.25) is 0 Å². The standard InChI is InChI=1S/C17H25N3O5S/c18-5-6-20-16(24)10-12(17(20)25)19-15(23)4-2-1-3-7-26-14-9-11(21)8-13(14)22/h12,14H,1-10,18H2,(H,19,23)/t12-,14?/m0/s1. The Labute approximate surface area is 156 Å². The predicted octanol–water partition coefficient (Wildman–Crippen LogP) is -0.217. The number of likely N-dealkylation sites (tertiary alicyclic amines) is 1. The molecule has 0 spiro atoms. The van der Waals surface area contributed by atoms with E-state index in [-0.39, 0.29) is 60.5 Å². The maximum atomic E-state index is 12.0. The number of unbranched alkanes of at least 4 members (excludes halogenated alkanes) is 2. The first kappa shape index (κ1) is 20.6. The topological polar surface area (TPSA) is 127 Å². The van der Waals surface area contributed by atoms with E-state index in [0.29, 0.717) is 19.3 Å². The molecule has 0 radical (unpaired) electrons. The molecule has 2 rings (SSSR count). The Balaban J connectivity index is 1.57. The van der Waals surface area contributed by atoms with E-state index in [9.17, 15) is 24.0 Å². The molecule has 9 heteroatoms. The Kier molecular flexibility index (Phi) is 7.77. The maximum Gasteiger partial charge on any atom is 0.252 e. The molecule has 1 aliphatic heterocycles. The van der Waals surface area contributed by atoms with E-state index in [2.05, 4.69) is 5.32 Å². The summed E-state index contributed by atoms with van der Waals surface area (Å²) in [5, 5.41) is 2.43. The second-order valence-corrected chi connectivity index (χ2v) is 7.86. The molecule has 1 saturated heterocycles. The fourth-order valence-electron chi connectivity index (χ4n) is 3.07. The van der Waals surface area contributed by atoms with Crippen molar-refractivity contribution in [1.29, 1.82) is 0 Å². The molecule has 8 nitrogen and oxygen atoms in total. The third-order valence-corrected chi connectivity index (χ3v) is 5.80. The highest BCUT2D eigenvalue weighted by molar-refractivity contribution is 8.00. The number of nitrogens with one attached hydrogen (secondary N) is 1. The molecule has 3 amide bonds. The number of carbonyl (C=O) groups excluding carboxylic acids is 5. The summed E-state index contributed by atoms with van der Waals surface area (Å²) in [6, 6.07) is -0.775. The largest absolute Gasteiger partial charge is 0.344 e. The number of hydrogen-bond donors (Lipinski definition) is 2. The normalized spacial score (nSPS) is 23.2. The molecule has 2 aliphatic rings. The molecule has 1 saturated carbocycles. The van der Waals surface area contributed by atoms with Gasteiger partial charge < -0.3 is 11.1 Å². The number of Topliss-reactive ketones (excluding diaryl/α,β-unsaturated/α-hetero) is 2. The number of thioether (sulfide) groups is 1. The fourth-order valence-corrected chi connectivity index (χ4v) is 4.30. The summed E-state index contributed by atoms with van der Waals surface area (Å²) < 4.78 is 0. The average Bonchev–Trinajstić information content (AvgIpc) is 3.04. The summed E-state index contributed by atoms with van der Waals surface area (Å²) >= 11 is 1.52. The molecule has 0 aromatic carbocycles. The van der Waals surface area contributed by atoms with Gasteiger partial charge in [-0.1, -0.05) is 6.42 Å². The van der Waals surface area contributed by atoms with Crippen molar-refractivity contribution >= 4 is 41.0 Å². The van der Waals surface area contributed by atoms with E-state index in [1.165, 1.54) is 11.8 Å². The third-order valence-electron chi connectivity index (χ3n) is 4.44. The van der Waals surface area contributed by atoms with Crippen molar-refractivity contribution in [3.05, 3.63) is 0 Å². The summed E-state index contributed by atoms with van der Waals surface area (Å²) in [5.41, 5.74) is 5.37. The lowest BCUT2D eigenvalue weighted by Crippen LogP contribution is -2.42. The van der Waals surface area contributed by atoms with Crippen LogP contribution in [0.25, 0.3) is 0 Å². The highest BCUT2D eigenvalue weighted by atomic mass is 32.2. The van der Waals surface area contributed by atoms with Crippen LogP contribution in [0, 0.1) is 0 Å². The van der Waals surface area contributed by atoms with Crippen molar-refractivity contribution in [2.45, 2.75) is 56.2 Å². The summed E-state index contributed by atoms with van der Waals surface area (Å²) in [4.78, 5) is 59.4. The lowest BCUT2D eigenvalue weighted by atomic mass is 10.2. The number of nitrogens with two attached hydrogens (primary N) is 1. The monoisotopic (exact) mass is 383 g/mol. The first-order valence-corrected chi connectivity index (χ1v) is 9.97. The molecule has 144 valence electrons. The molecule has 1 unspecified atom stereocenters. The van der Waals surface area contributed by atoms with Gasteiger partial charge in [-0.3, -0.25) is 28.9 Å². The van der Waals surface area contributed by atoms with Gasteiger partial charge in [0.1, 0.15) is 11.8 Å². The Morgan fingerprint density at radius 2 is 1.92 bits per heavy atom. The second-order valence-electron chi connectivity index (χ2n) is 6.55. The van der Waals surface area contributed by atoms with Crippen LogP contribution in [0.1, 0.15) is 44.9 Å². The smallest absolute Gasteiger partial charge is 0.252 e. The van der Waals surface area contributed by atoms with Gasteiger partial charge in [-0.15, -0.1) is 0 Å². The molecule has 2 atom stereocenters. The second kappa shape index (κ2) is 9.82. The molecule has 0 aromatic rings. The van der Waals surface area contributed by atoms with Crippen LogP contribution in [0.3, 0.4) is 0 Å². The first-order valence-electron chi connectivity index (χ1n) is 8.92. The zero-order valence-corrected chi connectivity index (χ0v) is 15.5. The minimum atomic E-state index is -0.775. The zero-order valence-electron chi connectivity index (χ0n) is 14.7. The number of ketones is 2. The highest BCUT2D eigenvalue weighted by Crippen LogP contribution is 2.25. The van der Waals surface area contributed by atoms with Crippen molar-refractivity contribution < 1.29 is 24.0 Å². The van der Waals surface area contributed by atoms with Gasteiger partial charge in [0, 0.05) is 25.9 Å². The van der Waals surface area contributed by atoms with Crippen LogP contribution in [0.4, 0.5) is 0 Å². The van der Waals surface area contributed by atoms with Gasteiger partial charge in [0.25, 0.3) is 5.91 Å². The lowest BCUT2D eigenvalue weighted by Gasteiger charge is -2.14. The van der Waals surface area contributed by atoms with Crippen LogP contribution in [-0.4, -0.2) is 64.3 Å². The van der Waals surface area contributed by atoms with Crippen LogP contribution in [-0.2, 0) is 24.0 Å². The minimum Gasteiger partial charge on any atom is -0.344 e. The number of hydrogen-bond acceptors (Lipinski definition) is 7. The minimum absolute atomic E-state index is 0.00461. The van der Waals surface area contributed by atoms with E-state index in [1.54, 1.807) is 0 Å². The highest BCUT2D eigenvalue weighted by Gasteiger charge is 2.38. The van der Waals surface area contributed by atoms with E-state index < -0.39 is 6.04 Å². The molecule has 0 aromatic heterocycles. The Hall–Kier alpha value is -1.74. The molecular formula is C17H25N3O5S. The molecule has 1 heterocycles. The SMILES string of the molecule is NCCN1C(=O)C[C@H](NC(=O)CCCCCSC2CC(=O)CC2=O)C1=O. The van der Waals surface area contributed by atoms with Crippen molar-refractivity contribution in [2.75, 3.05) is 18.8 Å². The molecule has 0 bridgehead atoms. The molecule has 2 fully saturated rings. The number of carbonyl (C=O) groups is 5. The lowest BCUT2D eigenvalue weighted by molar-refractivity contribution is -0.139. The van der Waals surface area contributed by atoms with Crippen molar-refractivity contribution in [3.8, 4) is 0 Å². The van der Waals surface area contributed by atoms with Gasteiger partial charge in [0.2, 0.25) is 11.8 Å². The summed E-state index contributed by atoms with van der Waals surface area (Å²) in [5.74, 6) is -0.0961. The third kappa shape index (κ3) is 5.63. The van der Waals surface area contributed by atoms with E-state index in [1.807, 2.05) is 0 Å². The Morgan fingerprint density at radius 1 is 1.15 bits per heavy atom. The molecule has 26 heavy (non-hydrogen) atoms. The Morgan fingerprint density at radius 3 is 2.58 bits per heavy atom. The summed E-state index contributed by atoms with van der Waals surface area (Å²) in [6.45, 7) is 0.383. The predicted molar refractivity (Wildman–Crippen MR) is 96.3 cm³/mol. The summed E-state index contributed by atoms with van der Waals surface area (Å²) in [7, 11) is 0. The van der Waals surface area contributed by atoms with Crippen molar-refractivity contribution in [3.63, 3.8) is 0 Å². The van der Waals surface area contributed by atoms with Crippen LogP contribution in [0.15, 0.2) is 0 Å². The van der Waals surface area contributed by atoms with Crippen molar-refractivity contribution in [2.24, 2.45) is 5.73 Å². The van der Waals surface area contributed by atoms with E-state index in [4.69, 9.17) is 5.73 Å². The average molecular weight is 383 g/mol. The van der Waals surface area contributed by atoms with Gasteiger partial charge in [-0.05, 0) is 18.6 Å². The van der Waals surface area contributed by atoms with Gasteiger partial charge in [-0.25, -0.2) is 0 Å². The van der Waals surface area contributed by atoms with Gasteiger partial charge in [0.15, 0.2) is 5.78 Å². The molecule has 3 N–H and O–H groups in total. The fraction of sp³-hybridized carbons (Fsp3) is 0.706. The number of rotatable bonds is 10.